The van der Waals surface area contributed by atoms with Crippen LogP contribution < -0.4 is 0 Å². The SMILES string of the molecule is Cn1cc(C2CCCCC2=O)nn1. The van der Waals surface area contributed by atoms with Crippen molar-refractivity contribution in [2.24, 2.45) is 7.05 Å². The van der Waals surface area contributed by atoms with Gasteiger partial charge in [0.05, 0.1) is 11.6 Å². The van der Waals surface area contributed by atoms with Crippen molar-refractivity contribution in [3.8, 4) is 0 Å². The zero-order chi connectivity index (χ0) is 9.26. The van der Waals surface area contributed by atoms with Crippen LogP contribution in [0.4, 0.5) is 0 Å². The van der Waals surface area contributed by atoms with Crippen molar-refractivity contribution in [3.05, 3.63) is 11.9 Å². The molecule has 0 aromatic carbocycles. The lowest BCUT2D eigenvalue weighted by Crippen LogP contribution is -2.17. The smallest absolute Gasteiger partial charge is 0.142 e. The van der Waals surface area contributed by atoms with Crippen molar-refractivity contribution in [2.75, 3.05) is 0 Å². The third-order valence-electron chi connectivity index (χ3n) is 2.53. The summed E-state index contributed by atoms with van der Waals surface area (Å²) in [5, 5.41) is 7.82. The van der Waals surface area contributed by atoms with Gasteiger partial charge in [0.15, 0.2) is 0 Å². The molecule has 1 saturated carbocycles. The van der Waals surface area contributed by atoms with E-state index in [1.54, 1.807) is 4.68 Å². The summed E-state index contributed by atoms with van der Waals surface area (Å²) >= 11 is 0. The van der Waals surface area contributed by atoms with Crippen LogP contribution in [0.5, 0.6) is 0 Å². The van der Waals surface area contributed by atoms with Gasteiger partial charge in [-0.3, -0.25) is 9.48 Å². The number of ketones is 1. The Kier molecular flexibility index (Phi) is 2.12. The highest BCUT2D eigenvalue weighted by atomic mass is 16.1. The third-order valence-corrected chi connectivity index (χ3v) is 2.53. The summed E-state index contributed by atoms with van der Waals surface area (Å²) < 4.78 is 1.65. The molecule has 0 saturated heterocycles. The Morgan fingerprint density at radius 3 is 3.00 bits per heavy atom. The van der Waals surface area contributed by atoms with E-state index in [0.717, 1.165) is 25.0 Å². The Balaban J connectivity index is 2.19. The Hall–Kier alpha value is -1.19. The Labute approximate surface area is 76.9 Å². The second-order valence-electron chi connectivity index (χ2n) is 3.58. The zero-order valence-electron chi connectivity index (χ0n) is 7.73. The average molecular weight is 179 g/mol. The molecule has 0 amide bonds. The van der Waals surface area contributed by atoms with E-state index in [1.165, 1.54) is 0 Å². The number of nitrogens with zero attached hydrogens (tertiary/aromatic N) is 3. The van der Waals surface area contributed by atoms with Crippen molar-refractivity contribution in [3.63, 3.8) is 0 Å². The fraction of sp³-hybridized carbons (Fsp3) is 0.667. The third kappa shape index (κ3) is 1.61. The fourth-order valence-electron chi connectivity index (χ4n) is 1.82. The highest BCUT2D eigenvalue weighted by Crippen LogP contribution is 2.28. The number of carbonyl (C=O) groups is 1. The van der Waals surface area contributed by atoms with Crippen LogP contribution >= 0.6 is 0 Å². The summed E-state index contributed by atoms with van der Waals surface area (Å²) in [6, 6.07) is 0. The molecule has 1 heterocycles. The molecule has 0 bridgehead atoms. The van der Waals surface area contributed by atoms with Gasteiger partial charge in [-0.2, -0.15) is 0 Å². The molecule has 0 aliphatic heterocycles. The van der Waals surface area contributed by atoms with Crippen molar-refractivity contribution in [1.29, 1.82) is 0 Å². The standard InChI is InChI=1S/C9H13N3O/c1-12-6-8(10-11-12)7-4-2-3-5-9(7)13/h6-7H,2-5H2,1H3. The summed E-state index contributed by atoms with van der Waals surface area (Å²) in [4.78, 5) is 11.5. The van der Waals surface area contributed by atoms with E-state index in [0.29, 0.717) is 12.2 Å². The topological polar surface area (TPSA) is 47.8 Å². The predicted octanol–water partition coefficient (Wildman–Crippen LogP) is 1.04. The van der Waals surface area contributed by atoms with Gasteiger partial charge >= 0.3 is 0 Å². The van der Waals surface area contributed by atoms with Gasteiger partial charge in [0, 0.05) is 19.7 Å². The average Bonchev–Trinajstić information content (AvgIpc) is 2.53. The van der Waals surface area contributed by atoms with Gasteiger partial charge in [-0.25, -0.2) is 0 Å². The summed E-state index contributed by atoms with van der Waals surface area (Å²) in [6.07, 6.45) is 5.66. The molecular weight excluding hydrogens is 166 g/mol. The number of hydrogen-bond donors (Lipinski definition) is 0. The lowest BCUT2D eigenvalue weighted by molar-refractivity contribution is -0.121. The lowest BCUT2D eigenvalue weighted by Gasteiger charge is -2.17. The number of Topliss-reactive ketones (excluding diaryl/α,β-unsaturated/α-hetero) is 1. The first-order valence-corrected chi connectivity index (χ1v) is 4.66. The van der Waals surface area contributed by atoms with Crippen LogP contribution in [-0.2, 0) is 11.8 Å². The Morgan fingerprint density at radius 2 is 2.38 bits per heavy atom. The number of aromatic nitrogens is 3. The molecule has 13 heavy (non-hydrogen) atoms. The minimum absolute atomic E-state index is 0.0162. The molecule has 1 aromatic rings. The van der Waals surface area contributed by atoms with Crippen LogP contribution in [0.1, 0.15) is 37.3 Å². The summed E-state index contributed by atoms with van der Waals surface area (Å²) in [6.45, 7) is 0. The van der Waals surface area contributed by atoms with Gasteiger partial charge < -0.3 is 0 Å². The van der Waals surface area contributed by atoms with E-state index in [-0.39, 0.29) is 5.92 Å². The van der Waals surface area contributed by atoms with E-state index in [4.69, 9.17) is 0 Å². The van der Waals surface area contributed by atoms with Gasteiger partial charge in [-0.1, -0.05) is 11.6 Å². The molecule has 0 N–H and O–H groups in total. The second kappa shape index (κ2) is 3.28. The van der Waals surface area contributed by atoms with Gasteiger partial charge in [-0.05, 0) is 12.8 Å². The van der Waals surface area contributed by atoms with Crippen LogP contribution in [0, 0.1) is 0 Å². The first-order chi connectivity index (χ1) is 6.27. The number of aryl methyl sites for hydroxylation is 1. The minimum Gasteiger partial charge on any atom is -0.299 e. The van der Waals surface area contributed by atoms with Crippen molar-refractivity contribution >= 4 is 5.78 Å². The highest BCUT2D eigenvalue weighted by Gasteiger charge is 2.25. The van der Waals surface area contributed by atoms with Crippen LogP contribution in [0.15, 0.2) is 6.20 Å². The van der Waals surface area contributed by atoms with E-state index >= 15 is 0 Å². The molecular formula is C9H13N3O. The van der Waals surface area contributed by atoms with E-state index in [1.807, 2.05) is 13.2 Å². The maximum absolute atomic E-state index is 11.5. The first kappa shape index (κ1) is 8.41. The molecule has 4 nitrogen and oxygen atoms in total. The molecule has 4 heteroatoms. The van der Waals surface area contributed by atoms with Crippen LogP contribution in [0.3, 0.4) is 0 Å². The van der Waals surface area contributed by atoms with Gasteiger partial charge in [0.1, 0.15) is 5.78 Å². The van der Waals surface area contributed by atoms with Crippen LogP contribution in [0.25, 0.3) is 0 Å². The quantitative estimate of drug-likeness (QED) is 0.647. The molecule has 1 aromatic heterocycles. The normalized spacial score (nSPS) is 23.5. The lowest BCUT2D eigenvalue weighted by atomic mass is 9.86. The minimum atomic E-state index is 0.0162. The summed E-state index contributed by atoms with van der Waals surface area (Å²) in [5.41, 5.74) is 0.840. The van der Waals surface area contributed by atoms with Crippen LogP contribution in [-0.4, -0.2) is 20.8 Å². The van der Waals surface area contributed by atoms with Gasteiger partial charge in [0.25, 0.3) is 0 Å². The van der Waals surface area contributed by atoms with Gasteiger partial charge in [-0.15, -0.1) is 5.10 Å². The summed E-state index contributed by atoms with van der Waals surface area (Å²) in [5.74, 6) is 0.342. The monoisotopic (exact) mass is 179 g/mol. The molecule has 1 unspecified atom stereocenters. The van der Waals surface area contributed by atoms with Crippen LogP contribution in [0.2, 0.25) is 0 Å². The zero-order valence-corrected chi connectivity index (χ0v) is 7.73. The molecule has 0 radical (unpaired) electrons. The van der Waals surface area contributed by atoms with Crippen molar-refractivity contribution in [1.82, 2.24) is 15.0 Å². The maximum atomic E-state index is 11.5. The maximum Gasteiger partial charge on any atom is 0.142 e. The fourth-order valence-corrected chi connectivity index (χ4v) is 1.82. The summed E-state index contributed by atoms with van der Waals surface area (Å²) in [7, 11) is 1.82. The molecule has 1 aliphatic carbocycles. The molecule has 1 atom stereocenters. The highest BCUT2D eigenvalue weighted by molar-refractivity contribution is 5.85. The molecule has 70 valence electrons. The second-order valence-corrected chi connectivity index (χ2v) is 3.58. The van der Waals surface area contributed by atoms with E-state index < -0.39 is 0 Å². The number of carbonyl (C=O) groups excluding carboxylic acids is 1. The number of hydrogen-bond acceptors (Lipinski definition) is 3. The van der Waals surface area contributed by atoms with Gasteiger partial charge in [0.2, 0.25) is 0 Å². The molecule has 1 aliphatic rings. The number of rotatable bonds is 1. The molecule has 1 fully saturated rings. The Morgan fingerprint density at radius 1 is 1.54 bits per heavy atom. The first-order valence-electron chi connectivity index (χ1n) is 4.66. The van der Waals surface area contributed by atoms with Crippen molar-refractivity contribution < 1.29 is 4.79 Å². The van der Waals surface area contributed by atoms with Crippen molar-refractivity contribution in [2.45, 2.75) is 31.6 Å². The van der Waals surface area contributed by atoms with E-state index in [2.05, 4.69) is 10.3 Å². The largest absolute Gasteiger partial charge is 0.299 e. The predicted molar refractivity (Wildman–Crippen MR) is 47.2 cm³/mol. The Bertz CT molecular complexity index is 318. The molecule has 0 spiro atoms. The van der Waals surface area contributed by atoms with E-state index in [9.17, 15) is 4.79 Å². The molecule has 2 rings (SSSR count).